The van der Waals surface area contributed by atoms with Crippen molar-refractivity contribution in [3.05, 3.63) is 47.0 Å². The molecule has 1 fully saturated rings. The first-order chi connectivity index (χ1) is 21.5. The van der Waals surface area contributed by atoms with E-state index in [0.717, 1.165) is 40.9 Å². The molecule has 240 valence electrons. The number of methoxy groups -OCH3 is 1. The lowest BCUT2D eigenvalue weighted by molar-refractivity contribution is -0.143. The molecule has 1 aliphatic carbocycles. The molecule has 3 N–H and O–H groups in total. The van der Waals surface area contributed by atoms with Crippen LogP contribution < -0.4 is 20.1 Å². The molecule has 5 rings (SSSR count). The number of fused-ring (bicyclic) bond motifs is 2. The predicted octanol–water partition coefficient (Wildman–Crippen LogP) is 5.28. The Morgan fingerprint density at radius 1 is 1.22 bits per heavy atom. The van der Waals surface area contributed by atoms with Crippen LogP contribution in [0.25, 0.3) is 21.6 Å². The molecule has 1 aliphatic heterocycles. The van der Waals surface area contributed by atoms with Gasteiger partial charge in [-0.3, -0.25) is 4.79 Å². The number of thiazole rings is 1. The number of aryl methyl sites for hydroxylation is 1. The summed E-state index contributed by atoms with van der Waals surface area (Å²) in [6, 6.07) is 4.18. The van der Waals surface area contributed by atoms with Gasteiger partial charge < -0.3 is 30.1 Å². The summed E-state index contributed by atoms with van der Waals surface area (Å²) in [7, 11) is 3.30. The van der Waals surface area contributed by atoms with Gasteiger partial charge in [0.1, 0.15) is 33.8 Å². The van der Waals surface area contributed by atoms with E-state index in [-0.39, 0.29) is 24.9 Å². The Morgan fingerprint density at radius 2 is 2.02 bits per heavy atom. The van der Waals surface area contributed by atoms with Crippen LogP contribution in [0.1, 0.15) is 63.1 Å². The summed E-state index contributed by atoms with van der Waals surface area (Å²) in [5, 5.41) is 19.1. The molecule has 1 aromatic carbocycles. The zero-order valence-electron chi connectivity index (χ0n) is 26.4. The van der Waals surface area contributed by atoms with Crippen molar-refractivity contribution in [2.45, 2.75) is 70.4 Å². The van der Waals surface area contributed by atoms with Gasteiger partial charge in [-0.15, -0.1) is 11.3 Å². The average Bonchev–Trinajstić information content (AvgIpc) is 3.47. The van der Waals surface area contributed by atoms with E-state index in [1.54, 1.807) is 19.1 Å². The zero-order chi connectivity index (χ0) is 32.3. The molecule has 1 saturated carbocycles. The molecule has 0 saturated heterocycles. The van der Waals surface area contributed by atoms with Crippen LogP contribution in [0.15, 0.2) is 35.7 Å². The Balaban J connectivity index is 1.42. The van der Waals surface area contributed by atoms with Gasteiger partial charge in [-0.05, 0) is 50.7 Å². The summed E-state index contributed by atoms with van der Waals surface area (Å²) < 4.78 is 11.9. The minimum Gasteiger partial charge on any atom is -0.496 e. The number of allylic oxidation sites excluding steroid dienone is 1. The molecule has 3 heterocycles. The van der Waals surface area contributed by atoms with Crippen molar-refractivity contribution < 1.29 is 29.0 Å². The second kappa shape index (κ2) is 13.4. The monoisotopic (exact) mass is 635 g/mol. The third-order valence-electron chi connectivity index (χ3n) is 8.55. The Kier molecular flexibility index (Phi) is 9.62. The fourth-order valence-corrected chi connectivity index (χ4v) is 6.50. The number of ether oxygens (including phenoxy) is 2. The van der Waals surface area contributed by atoms with E-state index in [0.29, 0.717) is 35.7 Å². The van der Waals surface area contributed by atoms with Gasteiger partial charge in [0.05, 0.1) is 24.9 Å². The molecule has 12 heteroatoms. The van der Waals surface area contributed by atoms with E-state index in [2.05, 4.69) is 24.5 Å². The van der Waals surface area contributed by atoms with Crippen LogP contribution in [-0.4, -0.2) is 76.8 Å². The highest BCUT2D eigenvalue weighted by atomic mass is 32.1. The van der Waals surface area contributed by atoms with Gasteiger partial charge in [-0.25, -0.2) is 19.6 Å². The number of hydrogen-bond donors (Lipinski definition) is 3. The number of benzene rings is 1. The highest BCUT2D eigenvalue weighted by molar-refractivity contribution is 7.13. The van der Waals surface area contributed by atoms with Gasteiger partial charge in [0.15, 0.2) is 0 Å². The second-order valence-corrected chi connectivity index (χ2v) is 12.9. The minimum absolute atomic E-state index is 0.0736. The van der Waals surface area contributed by atoms with Gasteiger partial charge >= 0.3 is 12.0 Å². The van der Waals surface area contributed by atoms with Crippen LogP contribution in [0.4, 0.5) is 4.79 Å². The maximum atomic E-state index is 13.5. The average molecular weight is 636 g/mol. The van der Waals surface area contributed by atoms with Crippen LogP contribution >= 0.6 is 11.3 Å². The van der Waals surface area contributed by atoms with Crippen LogP contribution in [0, 0.1) is 12.8 Å². The molecule has 0 spiro atoms. The zero-order valence-corrected chi connectivity index (χ0v) is 27.2. The first kappa shape index (κ1) is 32.2. The van der Waals surface area contributed by atoms with Crippen molar-refractivity contribution in [2.75, 3.05) is 27.3 Å². The first-order valence-corrected chi connectivity index (χ1v) is 16.2. The maximum Gasteiger partial charge on any atom is 0.330 e. The standard InChI is InChI=1S/C33H41N5O6S/c1-19(2)25-18-45-30(35-25)24-16-27(22-11-12-26(43-5)20(3)28(22)34-24)44-15-13-23-29(39)37-33(31(40)41)17-21(33)10-8-6-7-9-14-38(4)32(42)36-23/h8,10-12,16,18-19,21,23H,6-7,9,13-15,17H2,1-5H3,(H,36,42)(H,37,39)(H,40,41). The molecule has 3 unspecified atom stereocenters. The number of pyridine rings is 1. The van der Waals surface area contributed by atoms with Crippen molar-refractivity contribution >= 4 is 40.1 Å². The molecule has 3 atom stereocenters. The largest absolute Gasteiger partial charge is 0.496 e. The summed E-state index contributed by atoms with van der Waals surface area (Å²) in [6.45, 7) is 6.73. The van der Waals surface area contributed by atoms with Crippen molar-refractivity contribution in [1.29, 1.82) is 0 Å². The van der Waals surface area contributed by atoms with Crippen LogP contribution in [0.5, 0.6) is 11.5 Å². The quantitative estimate of drug-likeness (QED) is 0.284. The van der Waals surface area contributed by atoms with Crippen molar-refractivity contribution in [3.63, 3.8) is 0 Å². The van der Waals surface area contributed by atoms with Crippen molar-refractivity contribution in [2.24, 2.45) is 5.92 Å². The number of nitrogens with zero attached hydrogens (tertiary/aromatic N) is 3. The Morgan fingerprint density at radius 3 is 2.73 bits per heavy atom. The fraction of sp³-hybridized carbons (Fsp3) is 0.485. The van der Waals surface area contributed by atoms with Crippen molar-refractivity contribution in [3.8, 4) is 22.2 Å². The molecule has 45 heavy (non-hydrogen) atoms. The van der Waals surface area contributed by atoms with E-state index < -0.39 is 29.5 Å². The number of carbonyl (C=O) groups is 3. The molecular formula is C33H41N5O6S. The topological polar surface area (TPSA) is 143 Å². The lowest BCUT2D eigenvalue weighted by Crippen LogP contribution is -2.55. The van der Waals surface area contributed by atoms with Gasteiger partial charge in [0.25, 0.3) is 0 Å². The van der Waals surface area contributed by atoms with Crippen LogP contribution in [-0.2, 0) is 9.59 Å². The minimum atomic E-state index is -1.37. The Bertz CT molecular complexity index is 1620. The SMILES string of the molecule is COc1ccc2c(OCCC3NC(=O)N(C)CCCCC=CC4CC4(C(=O)O)NC3=O)cc(-c3nc(C(C)C)cs3)nc2c1C. The molecule has 2 aliphatic rings. The number of carbonyl (C=O) groups excluding carboxylic acids is 2. The number of hydrogen-bond acceptors (Lipinski definition) is 8. The van der Waals surface area contributed by atoms with Crippen LogP contribution in [0.3, 0.4) is 0 Å². The summed E-state index contributed by atoms with van der Waals surface area (Å²) in [5.41, 5.74) is 1.84. The van der Waals surface area contributed by atoms with Gasteiger partial charge in [0, 0.05) is 48.3 Å². The van der Waals surface area contributed by atoms with Gasteiger partial charge in [0.2, 0.25) is 5.91 Å². The number of urea groups is 1. The van der Waals surface area contributed by atoms with Gasteiger partial charge in [-0.2, -0.15) is 0 Å². The van der Waals surface area contributed by atoms with E-state index in [9.17, 15) is 19.5 Å². The second-order valence-electron chi connectivity index (χ2n) is 12.1. The molecule has 2 aromatic heterocycles. The summed E-state index contributed by atoms with van der Waals surface area (Å²) >= 11 is 1.51. The number of aliphatic carboxylic acids is 1. The highest BCUT2D eigenvalue weighted by Gasteiger charge is 2.60. The molecule has 3 aromatic rings. The first-order valence-electron chi connectivity index (χ1n) is 15.3. The lowest BCUT2D eigenvalue weighted by atomic mass is 10.1. The highest BCUT2D eigenvalue weighted by Crippen LogP contribution is 2.45. The number of carboxylic acid groups (broad SMARTS) is 1. The summed E-state index contributed by atoms with van der Waals surface area (Å²) in [6.07, 6.45) is 6.74. The number of aromatic nitrogens is 2. The molecule has 11 nitrogen and oxygen atoms in total. The van der Waals surface area contributed by atoms with E-state index in [1.165, 1.54) is 11.3 Å². The predicted molar refractivity (Wildman–Crippen MR) is 173 cm³/mol. The fourth-order valence-electron chi connectivity index (χ4n) is 5.56. The Hall–Kier alpha value is -4.19. The molecular weight excluding hydrogens is 594 g/mol. The molecule has 0 bridgehead atoms. The smallest absolute Gasteiger partial charge is 0.330 e. The number of carboxylic acids is 1. The third kappa shape index (κ3) is 6.90. The van der Waals surface area contributed by atoms with Crippen molar-refractivity contribution in [1.82, 2.24) is 25.5 Å². The lowest BCUT2D eigenvalue weighted by Gasteiger charge is -2.25. The Labute approximate surface area is 267 Å². The number of nitrogens with one attached hydrogen (secondary N) is 2. The van der Waals surface area contributed by atoms with Gasteiger partial charge in [-0.1, -0.05) is 26.0 Å². The van der Waals surface area contributed by atoms with E-state index >= 15 is 0 Å². The summed E-state index contributed by atoms with van der Waals surface area (Å²) in [5.74, 6) is -0.400. The molecule has 0 radical (unpaired) electrons. The maximum absolute atomic E-state index is 13.5. The normalized spacial score (nSPS) is 22.4. The third-order valence-corrected chi connectivity index (χ3v) is 9.43. The van der Waals surface area contributed by atoms with E-state index in [4.69, 9.17) is 19.4 Å². The van der Waals surface area contributed by atoms with Crippen LogP contribution in [0.2, 0.25) is 0 Å². The summed E-state index contributed by atoms with van der Waals surface area (Å²) in [4.78, 5) is 50.0. The number of rotatable bonds is 8. The van der Waals surface area contributed by atoms with E-state index in [1.807, 2.05) is 42.7 Å². The molecule has 3 amide bonds. The number of amides is 3.